The van der Waals surface area contributed by atoms with Crippen LogP contribution >= 0.6 is 0 Å². The van der Waals surface area contributed by atoms with Crippen LogP contribution in [0.2, 0.25) is 0 Å². The van der Waals surface area contributed by atoms with E-state index in [1.165, 1.54) is 0 Å². The molecule has 0 bridgehead atoms. The van der Waals surface area contributed by atoms with E-state index < -0.39 is 30.0 Å². The van der Waals surface area contributed by atoms with Gasteiger partial charge in [-0.05, 0) is 43.2 Å². The van der Waals surface area contributed by atoms with Crippen LogP contribution in [0.3, 0.4) is 0 Å². The molecule has 1 aromatic heterocycles. The van der Waals surface area contributed by atoms with Crippen molar-refractivity contribution >= 4 is 34.4 Å². The van der Waals surface area contributed by atoms with Gasteiger partial charge in [0.25, 0.3) is 5.91 Å². The van der Waals surface area contributed by atoms with E-state index in [-0.39, 0.29) is 13.0 Å². The summed E-state index contributed by atoms with van der Waals surface area (Å²) in [5.41, 5.74) is 7.17. The smallest absolute Gasteiger partial charge is 0.366 e. The van der Waals surface area contributed by atoms with Crippen molar-refractivity contribution < 1.29 is 32.4 Å². The standard InChI is InChI=1S/C21H18F3N5O4/c22-21(23,24)20(32)33-29-10-2-5-16(29)19(31)26-13-6-8-14(9-7-13)28-11-12-3-1-4-15(18(25)30)17(12)27-28/h1,3-4,6-9,11,16H,2,5,10H2,(H2,25,30)(H,26,31)/t16-/m0/s1. The number of amides is 2. The van der Waals surface area contributed by atoms with E-state index in [0.29, 0.717) is 28.9 Å². The molecule has 9 nitrogen and oxygen atoms in total. The van der Waals surface area contributed by atoms with Crippen LogP contribution < -0.4 is 11.1 Å². The highest BCUT2D eigenvalue weighted by atomic mass is 19.4. The van der Waals surface area contributed by atoms with Crippen molar-refractivity contribution in [3.8, 4) is 5.69 Å². The third kappa shape index (κ3) is 4.65. The molecule has 1 aliphatic heterocycles. The number of carbonyl (C=O) groups excluding carboxylic acids is 3. The Morgan fingerprint density at radius 2 is 1.85 bits per heavy atom. The highest BCUT2D eigenvalue weighted by Crippen LogP contribution is 2.24. The van der Waals surface area contributed by atoms with E-state index in [9.17, 15) is 27.6 Å². The summed E-state index contributed by atoms with van der Waals surface area (Å²) in [5.74, 6) is -3.55. The van der Waals surface area contributed by atoms with Gasteiger partial charge in [0, 0.05) is 23.8 Å². The Hall–Kier alpha value is -3.93. The van der Waals surface area contributed by atoms with Gasteiger partial charge in [-0.25, -0.2) is 9.48 Å². The van der Waals surface area contributed by atoms with Crippen LogP contribution in [0.25, 0.3) is 16.6 Å². The van der Waals surface area contributed by atoms with Gasteiger partial charge in [0.05, 0.1) is 11.3 Å². The zero-order valence-corrected chi connectivity index (χ0v) is 17.0. The fourth-order valence-corrected chi connectivity index (χ4v) is 3.57. The molecule has 3 N–H and O–H groups in total. The Kier molecular flexibility index (Phi) is 5.77. The number of primary amides is 1. The maximum Gasteiger partial charge on any atom is 0.492 e. The molecule has 2 amide bonds. The average Bonchev–Trinajstić information content (AvgIpc) is 3.40. The van der Waals surface area contributed by atoms with Crippen molar-refractivity contribution in [1.82, 2.24) is 14.8 Å². The largest absolute Gasteiger partial charge is 0.492 e. The van der Waals surface area contributed by atoms with Crippen molar-refractivity contribution in [2.45, 2.75) is 25.1 Å². The molecule has 0 unspecified atom stereocenters. The second-order valence-electron chi connectivity index (χ2n) is 7.39. The number of anilines is 1. The summed E-state index contributed by atoms with van der Waals surface area (Å²) in [4.78, 5) is 39.6. The Morgan fingerprint density at radius 1 is 1.12 bits per heavy atom. The topological polar surface area (TPSA) is 120 Å². The number of benzene rings is 2. The Morgan fingerprint density at radius 3 is 2.52 bits per heavy atom. The van der Waals surface area contributed by atoms with Crippen LogP contribution in [0.4, 0.5) is 18.9 Å². The second kappa shape index (κ2) is 8.54. The molecule has 1 atom stereocenters. The highest BCUT2D eigenvalue weighted by Gasteiger charge is 2.45. The number of halogens is 3. The molecular formula is C21H18F3N5O4. The molecule has 1 fully saturated rings. The molecule has 0 radical (unpaired) electrons. The monoisotopic (exact) mass is 461 g/mol. The number of fused-ring (bicyclic) bond motifs is 1. The molecule has 0 saturated carbocycles. The van der Waals surface area contributed by atoms with E-state index in [1.54, 1.807) is 53.3 Å². The normalized spacial score (nSPS) is 16.6. The van der Waals surface area contributed by atoms with Crippen LogP contribution in [-0.4, -0.2) is 51.4 Å². The minimum absolute atomic E-state index is 0.0268. The van der Waals surface area contributed by atoms with Crippen molar-refractivity contribution in [3.05, 3.63) is 54.2 Å². The van der Waals surface area contributed by atoms with E-state index in [1.807, 2.05) is 0 Å². The van der Waals surface area contributed by atoms with E-state index in [2.05, 4.69) is 15.3 Å². The quantitative estimate of drug-likeness (QED) is 0.603. The maximum atomic E-state index is 12.5. The number of hydrogen-bond donors (Lipinski definition) is 2. The first-order valence-corrected chi connectivity index (χ1v) is 9.89. The molecule has 4 rings (SSSR count). The van der Waals surface area contributed by atoms with Gasteiger partial charge in [-0.15, -0.1) is 5.06 Å². The van der Waals surface area contributed by atoms with Gasteiger partial charge in [-0.2, -0.15) is 18.3 Å². The number of rotatable bonds is 5. The summed E-state index contributed by atoms with van der Waals surface area (Å²) in [6.07, 6.45) is -2.77. The Bertz CT molecular complexity index is 1220. The molecule has 1 saturated heterocycles. The van der Waals surface area contributed by atoms with Crippen molar-refractivity contribution in [2.24, 2.45) is 5.73 Å². The van der Waals surface area contributed by atoms with Crippen LogP contribution in [-0.2, 0) is 14.4 Å². The number of nitrogens with one attached hydrogen (secondary N) is 1. The Balaban J connectivity index is 1.46. The van der Waals surface area contributed by atoms with E-state index in [4.69, 9.17) is 5.73 Å². The second-order valence-corrected chi connectivity index (χ2v) is 7.39. The summed E-state index contributed by atoms with van der Waals surface area (Å²) in [6, 6.07) is 10.6. The van der Waals surface area contributed by atoms with Crippen molar-refractivity contribution in [2.75, 3.05) is 11.9 Å². The van der Waals surface area contributed by atoms with Crippen molar-refractivity contribution in [3.63, 3.8) is 0 Å². The third-order valence-electron chi connectivity index (χ3n) is 5.14. The van der Waals surface area contributed by atoms with E-state index in [0.717, 1.165) is 10.4 Å². The first-order valence-electron chi connectivity index (χ1n) is 9.89. The molecular weight excluding hydrogens is 443 g/mol. The first kappa shape index (κ1) is 22.3. The van der Waals surface area contributed by atoms with Crippen molar-refractivity contribution in [1.29, 1.82) is 0 Å². The van der Waals surface area contributed by atoms with Gasteiger partial charge in [0.15, 0.2) is 0 Å². The van der Waals surface area contributed by atoms with Crippen LogP contribution in [0.15, 0.2) is 48.7 Å². The number of hydrogen-bond acceptors (Lipinski definition) is 6. The third-order valence-corrected chi connectivity index (χ3v) is 5.14. The number of nitrogens with zero attached hydrogens (tertiary/aromatic N) is 3. The zero-order valence-electron chi connectivity index (χ0n) is 17.0. The van der Waals surface area contributed by atoms with Crippen LogP contribution in [0, 0.1) is 0 Å². The van der Waals surface area contributed by atoms with Gasteiger partial charge >= 0.3 is 12.1 Å². The Labute approximate surface area is 184 Å². The summed E-state index contributed by atoms with van der Waals surface area (Å²) < 4.78 is 38.9. The van der Waals surface area contributed by atoms with Crippen LogP contribution in [0.1, 0.15) is 23.2 Å². The van der Waals surface area contributed by atoms with Crippen LogP contribution in [0.5, 0.6) is 0 Å². The fourth-order valence-electron chi connectivity index (χ4n) is 3.57. The lowest BCUT2D eigenvalue weighted by Gasteiger charge is -2.22. The summed E-state index contributed by atoms with van der Waals surface area (Å²) in [7, 11) is 0. The fraction of sp³-hybridized carbons (Fsp3) is 0.238. The molecule has 2 aromatic carbocycles. The van der Waals surface area contributed by atoms with Gasteiger partial charge < -0.3 is 15.9 Å². The molecule has 2 heterocycles. The molecule has 0 spiro atoms. The lowest BCUT2D eigenvalue weighted by atomic mass is 10.1. The molecule has 172 valence electrons. The number of aromatic nitrogens is 2. The van der Waals surface area contributed by atoms with E-state index >= 15 is 0 Å². The maximum absolute atomic E-state index is 12.5. The molecule has 0 aliphatic carbocycles. The SMILES string of the molecule is NC(=O)c1cccc2cn(-c3ccc(NC(=O)[C@@H]4CCCN4OC(=O)C(F)(F)F)cc3)nc12. The predicted molar refractivity (Wildman–Crippen MR) is 110 cm³/mol. The minimum Gasteiger partial charge on any atom is -0.366 e. The van der Waals surface area contributed by atoms with Gasteiger partial charge in [-0.3, -0.25) is 9.59 Å². The summed E-state index contributed by atoms with van der Waals surface area (Å²) in [6.45, 7) is 0.0268. The number of hydroxylamine groups is 2. The zero-order chi connectivity index (χ0) is 23.8. The molecule has 3 aromatic rings. The highest BCUT2D eigenvalue weighted by molar-refractivity contribution is 6.04. The summed E-state index contributed by atoms with van der Waals surface area (Å²) in [5, 5.41) is 8.48. The number of nitrogens with two attached hydrogens (primary N) is 1. The lowest BCUT2D eigenvalue weighted by Crippen LogP contribution is -2.43. The van der Waals surface area contributed by atoms with Gasteiger partial charge in [0.2, 0.25) is 5.91 Å². The van der Waals surface area contributed by atoms with Gasteiger partial charge in [-0.1, -0.05) is 12.1 Å². The predicted octanol–water partition coefficient (Wildman–Crippen LogP) is 2.55. The van der Waals surface area contributed by atoms with Gasteiger partial charge in [0.1, 0.15) is 11.6 Å². The summed E-state index contributed by atoms with van der Waals surface area (Å²) >= 11 is 0. The molecule has 12 heteroatoms. The minimum atomic E-state index is -5.14. The number of carbonyl (C=O) groups is 3. The number of alkyl halides is 3. The molecule has 1 aliphatic rings. The average molecular weight is 461 g/mol. The molecule has 33 heavy (non-hydrogen) atoms. The lowest BCUT2D eigenvalue weighted by molar-refractivity contribution is -0.240. The first-order chi connectivity index (χ1) is 15.6.